The van der Waals surface area contributed by atoms with Gasteiger partial charge < -0.3 is 15.0 Å². The highest BCUT2D eigenvalue weighted by Gasteiger charge is 2.18. The highest BCUT2D eigenvalue weighted by Crippen LogP contribution is 2.22. The largest absolute Gasteiger partial charge is 0.385 e. The lowest BCUT2D eigenvalue weighted by atomic mass is 10.2. The van der Waals surface area contributed by atoms with E-state index in [0.717, 1.165) is 38.3 Å². The molecule has 23 heavy (non-hydrogen) atoms. The van der Waals surface area contributed by atoms with Gasteiger partial charge in [-0.1, -0.05) is 0 Å². The predicted octanol–water partition coefficient (Wildman–Crippen LogP) is 2.58. The van der Waals surface area contributed by atoms with Crippen LogP contribution < -0.4 is 10.2 Å². The molecule has 1 aliphatic rings. The molecule has 0 spiro atoms. The van der Waals surface area contributed by atoms with Gasteiger partial charge in [0.25, 0.3) is 0 Å². The zero-order valence-corrected chi connectivity index (χ0v) is 14.5. The van der Waals surface area contributed by atoms with Crippen LogP contribution in [0.1, 0.15) is 26.2 Å². The SMILES string of the molecule is COCCCN(C)C(C)C(=O)Nc1ccc(N2CCCC2)cc1. The highest BCUT2D eigenvalue weighted by molar-refractivity contribution is 5.94. The molecule has 5 nitrogen and oxygen atoms in total. The van der Waals surface area contributed by atoms with Gasteiger partial charge in [-0.25, -0.2) is 0 Å². The molecule has 0 radical (unpaired) electrons. The molecule has 0 bridgehead atoms. The summed E-state index contributed by atoms with van der Waals surface area (Å²) in [6, 6.07) is 8.00. The Morgan fingerprint density at radius 1 is 1.30 bits per heavy atom. The summed E-state index contributed by atoms with van der Waals surface area (Å²) in [7, 11) is 3.67. The number of ether oxygens (including phenoxy) is 1. The molecule has 1 unspecified atom stereocenters. The Labute approximate surface area is 139 Å². The number of nitrogens with zero attached hydrogens (tertiary/aromatic N) is 2. The quantitative estimate of drug-likeness (QED) is 0.748. The summed E-state index contributed by atoms with van der Waals surface area (Å²) in [6.07, 6.45) is 3.46. The molecule has 5 heteroatoms. The van der Waals surface area contributed by atoms with Crippen molar-refractivity contribution in [1.29, 1.82) is 0 Å². The molecule has 128 valence electrons. The number of hydrogen-bond donors (Lipinski definition) is 1. The molecule has 1 aromatic rings. The Morgan fingerprint density at radius 2 is 1.96 bits per heavy atom. The number of carbonyl (C=O) groups excluding carboxylic acids is 1. The van der Waals surface area contributed by atoms with E-state index in [1.807, 2.05) is 31.0 Å². The monoisotopic (exact) mass is 319 g/mol. The van der Waals surface area contributed by atoms with Crippen molar-refractivity contribution in [2.75, 3.05) is 50.6 Å². The molecule has 1 aliphatic heterocycles. The number of amides is 1. The molecule has 1 fully saturated rings. The van der Waals surface area contributed by atoms with Crippen LogP contribution in [0.3, 0.4) is 0 Å². The van der Waals surface area contributed by atoms with Crippen LogP contribution in [0.5, 0.6) is 0 Å². The smallest absolute Gasteiger partial charge is 0.241 e. The van der Waals surface area contributed by atoms with Crippen LogP contribution in [0.2, 0.25) is 0 Å². The Kier molecular flexibility index (Phi) is 6.86. The molecule has 1 heterocycles. The molecule has 0 aliphatic carbocycles. The van der Waals surface area contributed by atoms with Crippen molar-refractivity contribution in [2.45, 2.75) is 32.2 Å². The van der Waals surface area contributed by atoms with Gasteiger partial charge >= 0.3 is 0 Å². The second-order valence-corrected chi connectivity index (χ2v) is 6.23. The second-order valence-electron chi connectivity index (χ2n) is 6.23. The van der Waals surface area contributed by atoms with Gasteiger partial charge in [-0.2, -0.15) is 0 Å². The van der Waals surface area contributed by atoms with Crippen LogP contribution in [0.25, 0.3) is 0 Å². The maximum Gasteiger partial charge on any atom is 0.241 e. The van der Waals surface area contributed by atoms with E-state index in [1.54, 1.807) is 7.11 Å². The van der Waals surface area contributed by atoms with Crippen molar-refractivity contribution in [3.8, 4) is 0 Å². The van der Waals surface area contributed by atoms with E-state index in [9.17, 15) is 4.79 Å². The van der Waals surface area contributed by atoms with E-state index < -0.39 is 0 Å². The summed E-state index contributed by atoms with van der Waals surface area (Å²) >= 11 is 0. The third-order valence-electron chi connectivity index (χ3n) is 4.51. The molecule has 1 saturated heterocycles. The lowest BCUT2D eigenvalue weighted by molar-refractivity contribution is -0.120. The Bertz CT molecular complexity index is 484. The van der Waals surface area contributed by atoms with Crippen LogP contribution in [0, 0.1) is 0 Å². The van der Waals surface area contributed by atoms with Gasteiger partial charge in [0.15, 0.2) is 0 Å². The van der Waals surface area contributed by atoms with Crippen LogP contribution in [0.15, 0.2) is 24.3 Å². The average molecular weight is 319 g/mol. The van der Waals surface area contributed by atoms with Gasteiger partial charge in [0.2, 0.25) is 5.91 Å². The third kappa shape index (κ3) is 5.22. The number of methoxy groups -OCH3 is 1. The summed E-state index contributed by atoms with van der Waals surface area (Å²) in [6.45, 7) is 5.76. The molecule has 0 aromatic heterocycles. The van der Waals surface area contributed by atoms with Gasteiger partial charge in [0.05, 0.1) is 6.04 Å². The minimum absolute atomic E-state index is 0.0267. The van der Waals surface area contributed by atoms with Crippen molar-refractivity contribution in [2.24, 2.45) is 0 Å². The van der Waals surface area contributed by atoms with E-state index in [1.165, 1.54) is 18.5 Å². The summed E-state index contributed by atoms with van der Waals surface area (Å²) in [4.78, 5) is 16.8. The second kappa shape index (κ2) is 8.89. The zero-order chi connectivity index (χ0) is 16.7. The van der Waals surface area contributed by atoms with Gasteiger partial charge in [0, 0.05) is 44.7 Å². The van der Waals surface area contributed by atoms with Crippen molar-refractivity contribution in [3.63, 3.8) is 0 Å². The normalized spacial score (nSPS) is 15.9. The molecule has 1 amide bonds. The van der Waals surface area contributed by atoms with Crippen LogP contribution in [0.4, 0.5) is 11.4 Å². The van der Waals surface area contributed by atoms with Gasteiger partial charge in [-0.05, 0) is 57.5 Å². The summed E-state index contributed by atoms with van der Waals surface area (Å²) in [5, 5.41) is 3.00. The van der Waals surface area contributed by atoms with Crippen LogP contribution in [-0.4, -0.2) is 57.2 Å². The zero-order valence-electron chi connectivity index (χ0n) is 14.5. The fourth-order valence-electron chi connectivity index (χ4n) is 2.83. The van der Waals surface area contributed by atoms with Crippen molar-refractivity contribution in [3.05, 3.63) is 24.3 Å². The maximum atomic E-state index is 12.3. The fraction of sp³-hybridized carbons (Fsp3) is 0.611. The average Bonchev–Trinajstić information content (AvgIpc) is 3.09. The maximum absolute atomic E-state index is 12.3. The Morgan fingerprint density at radius 3 is 2.57 bits per heavy atom. The summed E-state index contributed by atoms with van der Waals surface area (Å²) in [5.74, 6) is 0.0267. The number of anilines is 2. The van der Waals surface area contributed by atoms with E-state index in [0.29, 0.717) is 0 Å². The van der Waals surface area contributed by atoms with Crippen LogP contribution >= 0.6 is 0 Å². The molecular formula is C18H29N3O2. The van der Waals surface area contributed by atoms with E-state index in [2.05, 4.69) is 22.3 Å². The lowest BCUT2D eigenvalue weighted by Crippen LogP contribution is -2.40. The highest BCUT2D eigenvalue weighted by atomic mass is 16.5. The topological polar surface area (TPSA) is 44.8 Å². The molecule has 1 atom stereocenters. The fourth-order valence-corrected chi connectivity index (χ4v) is 2.83. The first-order valence-electron chi connectivity index (χ1n) is 8.47. The first kappa shape index (κ1) is 17.8. The van der Waals surface area contributed by atoms with E-state index in [-0.39, 0.29) is 11.9 Å². The minimum atomic E-state index is -0.162. The number of nitrogens with one attached hydrogen (secondary N) is 1. The molecular weight excluding hydrogens is 290 g/mol. The lowest BCUT2D eigenvalue weighted by Gasteiger charge is -2.24. The molecule has 1 N–H and O–H groups in total. The van der Waals surface area contributed by atoms with Crippen LogP contribution in [-0.2, 0) is 9.53 Å². The Hall–Kier alpha value is -1.59. The molecule has 2 rings (SSSR count). The summed E-state index contributed by atoms with van der Waals surface area (Å²) < 4.78 is 5.05. The van der Waals surface area contributed by atoms with Gasteiger partial charge in [0.1, 0.15) is 0 Å². The van der Waals surface area contributed by atoms with Crippen molar-refractivity contribution < 1.29 is 9.53 Å². The number of carbonyl (C=O) groups is 1. The Balaban J connectivity index is 1.84. The first-order chi connectivity index (χ1) is 11.1. The molecule has 0 saturated carbocycles. The van der Waals surface area contributed by atoms with Gasteiger partial charge in [-0.3, -0.25) is 9.69 Å². The minimum Gasteiger partial charge on any atom is -0.385 e. The standard InChI is InChI=1S/C18H29N3O2/c1-15(20(2)11-6-14-23-3)18(22)19-16-7-9-17(10-8-16)21-12-4-5-13-21/h7-10,15H,4-6,11-14H2,1-3H3,(H,19,22). The van der Waals surface area contributed by atoms with Crippen molar-refractivity contribution in [1.82, 2.24) is 4.90 Å². The number of rotatable bonds is 8. The summed E-state index contributed by atoms with van der Waals surface area (Å²) in [5.41, 5.74) is 2.10. The number of hydrogen-bond acceptors (Lipinski definition) is 4. The number of benzene rings is 1. The third-order valence-corrected chi connectivity index (χ3v) is 4.51. The van der Waals surface area contributed by atoms with Gasteiger partial charge in [-0.15, -0.1) is 0 Å². The van der Waals surface area contributed by atoms with E-state index in [4.69, 9.17) is 4.74 Å². The van der Waals surface area contributed by atoms with E-state index >= 15 is 0 Å². The first-order valence-corrected chi connectivity index (χ1v) is 8.47. The predicted molar refractivity (Wildman–Crippen MR) is 95.1 cm³/mol. The molecule has 1 aromatic carbocycles. The number of likely N-dealkylation sites (N-methyl/N-ethyl adjacent to an activating group) is 1. The van der Waals surface area contributed by atoms with Crippen molar-refractivity contribution >= 4 is 17.3 Å².